The first-order valence-corrected chi connectivity index (χ1v) is 11.5. The zero-order valence-corrected chi connectivity index (χ0v) is 17.6. The van der Waals surface area contributed by atoms with Gasteiger partial charge in [0.05, 0.1) is 5.92 Å². The van der Waals surface area contributed by atoms with Gasteiger partial charge in [-0.1, -0.05) is 29.8 Å². The topological polar surface area (TPSA) is 80.8 Å². The fourth-order valence-electron chi connectivity index (χ4n) is 3.09. The van der Waals surface area contributed by atoms with Gasteiger partial charge in [-0.2, -0.15) is 4.31 Å². The number of piperidine rings is 1. The molecule has 1 fully saturated rings. The Morgan fingerprint density at radius 3 is 2.75 bits per heavy atom. The molecule has 0 N–H and O–H groups in total. The van der Waals surface area contributed by atoms with Gasteiger partial charge in [-0.3, -0.25) is 9.59 Å². The van der Waals surface area contributed by atoms with Crippen LogP contribution >= 0.6 is 22.9 Å². The molecule has 6 nitrogen and oxygen atoms in total. The van der Waals surface area contributed by atoms with Crippen LogP contribution in [0.4, 0.5) is 0 Å². The lowest BCUT2D eigenvalue weighted by Gasteiger charge is -2.30. The molecule has 1 aromatic heterocycles. The molecule has 1 saturated heterocycles. The molecule has 2 atom stereocenters. The van der Waals surface area contributed by atoms with Crippen molar-refractivity contribution in [1.82, 2.24) is 4.31 Å². The van der Waals surface area contributed by atoms with Crippen molar-refractivity contribution < 1.29 is 22.7 Å². The molecule has 1 aromatic carbocycles. The van der Waals surface area contributed by atoms with Crippen molar-refractivity contribution in [3.63, 3.8) is 0 Å². The Balaban J connectivity index is 1.65. The third-order valence-corrected chi connectivity index (χ3v) is 8.05. The van der Waals surface area contributed by atoms with Gasteiger partial charge in [0.25, 0.3) is 10.0 Å². The van der Waals surface area contributed by atoms with E-state index in [9.17, 15) is 18.0 Å². The number of hydrogen-bond donors (Lipinski definition) is 0. The van der Waals surface area contributed by atoms with E-state index in [-0.39, 0.29) is 16.5 Å². The van der Waals surface area contributed by atoms with Crippen LogP contribution in [0.15, 0.2) is 46.0 Å². The molecule has 0 bridgehead atoms. The Morgan fingerprint density at radius 1 is 1.29 bits per heavy atom. The molecule has 150 valence electrons. The zero-order chi connectivity index (χ0) is 20.3. The molecule has 0 aliphatic carbocycles. The number of ketones is 1. The highest BCUT2D eigenvalue weighted by atomic mass is 35.5. The maximum absolute atomic E-state index is 12.7. The summed E-state index contributed by atoms with van der Waals surface area (Å²) in [4.78, 5) is 25.0. The number of sulfonamides is 1. The maximum atomic E-state index is 12.7. The summed E-state index contributed by atoms with van der Waals surface area (Å²) >= 11 is 7.05. The van der Waals surface area contributed by atoms with Crippen molar-refractivity contribution in [3.05, 3.63) is 52.4 Å². The molecule has 0 spiro atoms. The van der Waals surface area contributed by atoms with Crippen molar-refractivity contribution in [2.24, 2.45) is 5.92 Å². The molecule has 1 aliphatic heterocycles. The van der Waals surface area contributed by atoms with E-state index in [1.165, 1.54) is 17.3 Å². The number of carbonyl (C=O) groups is 2. The molecule has 2 heterocycles. The Hall–Kier alpha value is -1.74. The summed E-state index contributed by atoms with van der Waals surface area (Å²) in [6.07, 6.45) is 0.101. The highest BCUT2D eigenvalue weighted by Crippen LogP contribution is 2.27. The first-order valence-electron chi connectivity index (χ1n) is 8.83. The third-order valence-electron chi connectivity index (χ3n) is 4.58. The van der Waals surface area contributed by atoms with Crippen LogP contribution in [-0.2, 0) is 19.6 Å². The molecule has 0 radical (unpaired) electrons. The number of benzene rings is 1. The van der Waals surface area contributed by atoms with Crippen molar-refractivity contribution in [2.75, 3.05) is 13.1 Å². The number of esters is 1. The second-order valence-electron chi connectivity index (χ2n) is 6.59. The van der Waals surface area contributed by atoms with Crippen LogP contribution in [0.25, 0.3) is 0 Å². The standard InChI is InChI=1S/C19H20ClNO5S2/c1-13(18(22)14-5-2-7-16(20)11-14)26-19(23)15-6-3-9-21(12-15)28(24,25)17-8-4-10-27-17/h2,4-5,7-8,10-11,13,15H,3,6,9,12H2,1H3. The summed E-state index contributed by atoms with van der Waals surface area (Å²) < 4.78 is 32.3. The second kappa shape index (κ2) is 8.73. The predicted octanol–water partition coefficient (Wildman–Crippen LogP) is 3.62. The van der Waals surface area contributed by atoms with Gasteiger partial charge in [0, 0.05) is 23.7 Å². The SMILES string of the molecule is CC(OC(=O)C1CCCN(S(=O)(=O)c2cccs2)C1)C(=O)c1cccc(Cl)c1. The van der Waals surface area contributed by atoms with Crippen LogP contribution in [0.5, 0.6) is 0 Å². The lowest BCUT2D eigenvalue weighted by molar-refractivity contribution is -0.152. The average Bonchev–Trinajstić information content (AvgIpc) is 3.23. The third kappa shape index (κ3) is 4.63. The highest BCUT2D eigenvalue weighted by Gasteiger charge is 2.35. The van der Waals surface area contributed by atoms with E-state index in [1.807, 2.05) is 0 Å². The second-order valence-corrected chi connectivity index (χ2v) is 10.1. The molecular weight excluding hydrogens is 422 g/mol. The van der Waals surface area contributed by atoms with Crippen LogP contribution in [0.3, 0.4) is 0 Å². The molecule has 2 aromatic rings. The Kier molecular flexibility index (Phi) is 6.54. The smallest absolute Gasteiger partial charge is 0.310 e. The normalized spacial score (nSPS) is 19.1. The van der Waals surface area contributed by atoms with E-state index in [2.05, 4.69) is 0 Å². The van der Waals surface area contributed by atoms with Crippen LogP contribution in [0.1, 0.15) is 30.1 Å². The van der Waals surface area contributed by atoms with E-state index < -0.39 is 28.0 Å². The first-order chi connectivity index (χ1) is 13.3. The monoisotopic (exact) mass is 441 g/mol. The van der Waals surface area contributed by atoms with Gasteiger partial charge in [-0.15, -0.1) is 11.3 Å². The van der Waals surface area contributed by atoms with E-state index in [0.29, 0.717) is 30.0 Å². The van der Waals surface area contributed by atoms with Gasteiger partial charge in [0.15, 0.2) is 6.10 Å². The lowest BCUT2D eigenvalue weighted by atomic mass is 9.99. The molecule has 9 heteroatoms. The fraction of sp³-hybridized carbons (Fsp3) is 0.368. The Morgan fingerprint density at radius 2 is 2.07 bits per heavy atom. The van der Waals surface area contributed by atoms with Crippen LogP contribution in [0, 0.1) is 5.92 Å². The molecule has 2 unspecified atom stereocenters. The number of nitrogens with zero attached hydrogens (tertiary/aromatic N) is 1. The summed E-state index contributed by atoms with van der Waals surface area (Å²) in [5.41, 5.74) is 0.360. The van der Waals surface area contributed by atoms with Crippen molar-refractivity contribution in [1.29, 1.82) is 0 Å². The largest absolute Gasteiger partial charge is 0.454 e. The van der Waals surface area contributed by atoms with Crippen molar-refractivity contribution in [3.8, 4) is 0 Å². The van der Waals surface area contributed by atoms with Crippen LogP contribution in [-0.4, -0.2) is 43.7 Å². The zero-order valence-electron chi connectivity index (χ0n) is 15.2. The number of carbonyl (C=O) groups excluding carboxylic acids is 2. The van der Waals surface area contributed by atoms with Gasteiger partial charge in [-0.25, -0.2) is 8.42 Å². The number of rotatable bonds is 6. The van der Waals surface area contributed by atoms with E-state index in [0.717, 1.165) is 11.3 Å². The van der Waals surface area contributed by atoms with Crippen LogP contribution < -0.4 is 0 Å². The summed E-state index contributed by atoms with van der Waals surface area (Å²) in [5.74, 6) is -1.51. The van der Waals surface area contributed by atoms with Gasteiger partial charge in [-0.05, 0) is 43.3 Å². The number of ether oxygens (including phenoxy) is 1. The van der Waals surface area contributed by atoms with Gasteiger partial charge in [0.1, 0.15) is 4.21 Å². The number of hydrogen-bond acceptors (Lipinski definition) is 6. The molecule has 0 saturated carbocycles. The van der Waals surface area contributed by atoms with E-state index in [1.54, 1.807) is 35.7 Å². The average molecular weight is 442 g/mol. The number of halogens is 1. The number of Topliss-reactive ketones (excluding diaryl/α,β-unsaturated/α-hetero) is 1. The van der Waals surface area contributed by atoms with Crippen LogP contribution in [0.2, 0.25) is 5.02 Å². The van der Waals surface area contributed by atoms with Crippen molar-refractivity contribution >= 4 is 44.7 Å². The fourth-order valence-corrected chi connectivity index (χ4v) is 5.95. The minimum atomic E-state index is -3.62. The van der Waals surface area contributed by atoms with E-state index in [4.69, 9.17) is 16.3 Å². The molecule has 0 amide bonds. The molecular formula is C19H20ClNO5S2. The van der Waals surface area contributed by atoms with Gasteiger partial charge >= 0.3 is 5.97 Å². The minimum absolute atomic E-state index is 0.0527. The molecule has 3 rings (SSSR count). The first kappa shape index (κ1) is 21.0. The van der Waals surface area contributed by atoms with Gasteiger partial charge < -0.3 is 4.74 Å². The summed E-state index contributed by atoms with van der Waals surface area (Å²) in [7, 11) is -3.62. The lowest BCUT2D eigenvalue weighted by Crippen LogP contribution is -2.43. The summed E-state index contributed by atoms with van der Waals surface area (Å²) in [5, 5.41) is 2.12. The quantitative estimate of drug-likeness (QED) is 0.505. The molecule has 1 aliphatic rings. The highest BCUT2D eigenvalue weighted by molar-refractivity contribution is 7.91. The molecule has 28 heavy (non-hydrogen) atoms. The van der Waals surface area contributed by atoms with Crippen molar-refractivity contribution in [2.45, 2.75) is 30.1 Å². The van der Waals surface area contributed by atoms with E-state index >= 15 is 0 Å². The Bertz CT molecular complexity index is 958. The summed E-state index contributed by atoms with van der Waals surface area (Å²) in [6, 6.07) is 9.65. The Labute approximate surface area is 173 Å². The minimum Gasteiger partial charge on any atom is -0.454 e. The number of thiophene rings is 1. The maximum Gasteiger partial charge on any atom is 0.310 e. The van der Waals surface area contributed by atoms with Gasteiger partial charge in [0.2, 0.25) is 5.78 Å². The predicted molar refractivity (Wildman–Crippen MR) is 107 cm³/mol. The summed E-state index contributed by atoms with van der Waals surface area (Å²) in [6.45, 7) is 1.92.